The van der Waals surface area contributed by atoms with Gasteiger partial charge in [0.05, 0.1) is 5.25 Å². The summed E-state index contributed by atoms with van der Waals surface area (Å²) in [6, 6.07) is 0. The van der Waals surface area contributed by atoms with E-state index >= 15 is 0 Å². The molecular weight excluding hydrogens is 256 g/mol. The second kappa shape index (κ2) is 7.66. The Morgan fingerprint density at radius 3 is 2.32 bits per heavy atom. The van der Waals surface area contributed by atoms with Crippen LogP contribution in [0, 0.1) is 17.3 Å². The fourth-order valence-electron chi connectivity index (χ4n) is 4.11. The highest BCUT2D eigenvalue weighted by atomic mass is 32.2. The zero-order valence-electron chi connectivity index (χ0n) is 13.2. The molecule has 114 valence electrons. The standard InChI is InChI=1S/C16H32O2S/c1-5-7-12-16(4,6-2)15-13(3)10-8-9-11-14(15)19(17)18/h13-15,19H,5-12H2,1-4H3. The molecule has 0 bridgehead atoms. The Labute approximate surface area is 121 Å². The molecule has 4 atom stereocenters. The van der Waals surface area contributed by atoms with Gasteiger partial charge in [-0.05, 0) is 30.1 Å². The van der Waals surface area contributed by atoms with E-state index in [2.05, 4.69) is 27.7 Å². The molecule has 1 rings (SSSR count). The molecule has 0 aromatic carbocycles. The van der Waals surface area contributed by atoms with Crippen molar-refractivity contribution in [2.24, 2.45) is 17.3 Å². The molecule has 1 aliphatic rings. The zero-order valence-corrected chi connectivity index (χ0v) is 14.0. The van der Waals surface area contributed by atoms with Crippen LogP contribution in [0.15, 0.2) is 0 Å². The number of hydrogen-bond acceptors (Lipinski definition) is 2. The molecule has 0 amide bonds. The highest BCUT2D eigenvalue weighted by molar-refractivity contribution is 7.73. The van der Waals surface area contributed by atoms with E-state index in [9.17, 15) is 8.42 Å². The van der Waals surface area contributed by atoms with Gasteiger partial charge in [0, 0.05) is 0 Å². The van der Waals surface area contributed by atoms with Gasteiger partial charge in [-0.15, -0.1) is 0 Å². The minimum absolute atomic E-state index is 0.0886. The lowest BCUT2D eigenvalue weighted by Crippen LogP contribution is -2.40. The van der Waals surface area contributed by atoms with Gasteiger partial charge in [0.25, 0.3) is 0 Å². The van der Waals surface area contributed by atoms with Gasteiger partial charge in [0.15, 0.2) is 0 Å². The van der Waals surface area contributed by atoms with Gasteiger partial charge in [-0.3, -0.25) is 0 Å². The summed E-state index contributed by atoms with van der Waals surface area (Å²) in [5.41, 5.74) is 0.194. The monoisotopic (exact) mass is 288 g/mol. The Bertz CT molecular complexity index is 330. The van der Waals surface area contributed by atoms with E-state index in [1.165, 1.54) is 32.1 Å². The first-order valence-electron chi connectivity index (χ1n) is 8.09. The van der Waals surface area contributed by atoms with Crippen molar-refractivity contribution in [3.05, 3.63) is 0 Å². The minimum Gasteiger partial charge on any atom is -0.232 e. The second-order valence-electron chi connectivity index (χ2n) is 6.75. The summed E-state index contributed by atoms with van der Waals surface area (Å²) in [6.45, 7) is 9.07. The van der Waals surface area contributed by atoms with Crippen molar-refractivity contribution in [3.8, 4) is 0 Å². The molecule has 3 heteroatoms. The summed E-state index contributed by atoms with van der Waals surface area (Å²) in [6.07, 6.45) is 9.06. The summed E-state index contributed by atoms with van der Waals surface area (Å²) >= 11 is 0. The van der Waals surface area contributed by atoms with Crippen molar-refractivity contribution in [3.63, 3.8) is 0 Å². The lowest BCUT2D eigenvalue weighted by molar-refractivity contribution is 0.101. The first kappa shape index (κ1) is 17.0. The maximum absolute atomic E-state index is 11.7. The largest absolute Gasteiger partial charge is 0.232 e. The van der Waals surface area contributed by atoms with Crippen molar-refractivity contribution in [2.75, 3.05) is 0 Å². The quantitative estimate of drug-likeness (QED) is 0.580. The first-order chi connectivity index (χ1) is 8.96. The third-order valence-corrected chi connectivity index (χ3v) is 6.54. The molecule has 0 N–H and O–H groups in total. The van der Waals surface area contributed by atoms with E-state index in [4.69, 9.17) is 0 Å². The smallest absolute Gasteiger partial charge is 0.143 e. The molecule has 2 nitrogen and oxygen atoms in total. The fraction of sp³-hybridized carbons (Fsp3) is 1.00. The molecule has 0 saturated heterocycles. The second-order valence-corrected chi connectivity index (χ2v) is 7.99. The Balaban J connectivity index is 3.04. The third-order valence-electron chi connectivity index (χ3n) is 5.42. The van der Waals surface area contributed by atoms with E-state index < -0.39 is 10.7 Å². The van der Waals surface area contributed by atoms with Crippen molar-refractivity contribution in [2.45, 2.75) is 84.3 Å². The summed E-state index contributed by atoms with van der Waals surface area (Å²) in [7, 11) is -2.29. The molecule has 0 heterocycles. The lowest BCUT2D eigenvalue weighted by Gasteiger charge is -2.43. The van der Waals surface area contributed by atoms with E-state index in [1.54, 1.807) is 0 Å². The van der Waals surface area contributed by atoms with E-state index in [0.29, 0.717) is 11.8 Å². The topological polar surface area (TPSA) is 34.1 Å². The van der Waals surface area contributed by atoms with Crippen LogP contribution in [0.3, 0.4) is 0 Å². The van der Waals surface area contributed by atoms with Gasteiger partial charge in [0.1, 0.15) is 10.7 Å². The van der Waals surface area contributed by atoms with Gasteiger partial charge in [-0.2, -0.15) is 0 Å². The molecular formula is C16H32O2S. The lowest BCUT2D eigenvalue weighted by atomic mass is 9.65. The molecule has 0 aliphatic heterocycles. The molecule has 1 saturated carbocycles. The molecule has 0 spiro atoms. The SMILES string of the molecule is CCCCC(C)(CC)C1C(C)CCCCC1[SH](=O)=O. The average Bonchev–Trinajstić information content (AvgIpc) is 2.58. The number of rotatable bonds is 6. The van der Waals surface area contributed by atoms with E-state index in [1.807, 2.05) is 0 Å². The molecule has 0 radical (unpaired) electrons. The van der Waals surface area contributed by atoms with Crippen molar-refractivity contribution >= 4 is 10.7 Å². The first-order valence-corrected chi connectivity index (χ1v) is 9.34. The molecule has 19 heavy (non-hydrogen) atoms. The highest BCUT2D eigenvalue weighted by Gasteiger charge is 2.42. The summed E-state index contributed by atoms with van der Waals surface area (Å²) in [5.74, 6) is 0.898. The third kappa shape index (κ3) is 4.21. The van der Waals surface area contributed by atoms with Crippen LogP contribution in [0.5, 0.6) is 0 Å². The predicted octanol–water partition coefficient (Wildman–Crippen LogP) is 4.40. The molecule has 0 aromatic rings. The van der Waals surface area contributed by atoms with Crippen LogP contribution in [0.25, 0.3) is 0 Å². The van der Waals surface area contributed by atoms with Crippen molar-refractivity contribution < 1.29 is 8.42 Å². The van der Waals surface area contributed by atoms with Crippen LogP contribution in [-0.4, -0.2) is 13.7 Å². The number of unbranched alkanes of at least 4 members (excludes halogenated alkanes) is 1. The maximum atomic E-state index is 11.7. The Kier molecular flexibility index (Phi) is 6.85. The van der Waals surface area contributed by atoms with Crippen LogP contribution < -0.4 is 0 Å². The fourth-order valence-corrected chi connectivity index (χ4v) is 5.42. The van der Waals surface area contributed by atoms with Crippen LogP contribution in [0.1, 0.15) is 79.1 Å². The Morgan fingerprint density at radius 1 is 1.16 bits per heavy atom. The van der Waals surface area contributed by atoms with Gasteiger partial charge in [-0.1, -0.05) is 66.2 Å². The summed E-state index contributed by atoms with van der Waals surface area (Å²) < 4.78 is 23.5. The van der Waals surface area contributed by atoms with Gasteiger partial charge in [0.2, 0.25) is 0 Å². The van der Waals surface area contributed by atoms with Crippen molar-refractivity contribution in [1.29, 1.82) is 0 Å². The minimum atomic E-state index is -2.29. The summed E-state index contributed by atoms with van der Waals surface area (Å²) in [4.78, 5) is 0. The molecule has 4 unspecified atom stereocenters. The normalized spacial score (nSPS) is 31.9. The number of hydrogen-bond donors (Lipinski definition) is 1. The van der Waals surface area contributed by atoms with E-state index in [-0.39, 0.29) is 10.7 Å². The van der Waals surface area contributed by atoms with E-state index in [0.717, 1.165) is 19.3 Å². The molecule has 0 aromatic heterocycles. The summed E-state index contributed by atoms with van der Waals surface area (Å²) in [5, 5.41) is -0.0886. The Morgan fingerprint density at radius 2 is 1.79 bits per heavy atom. The van der Waals surface area contributed by atoms with Crippen LogP contribution >= 0.6 is 0 Å². The maximum Gasteiger partial charge on any atom is 0.143 e. The molecule has 1 fully saturated rings. The average molecular weight is 288 g/mol. The predicted molar refractivity (Wildman–Crippen MR) is 83.1 cm³/mol. The van der Waals surface area contributed by atoms with Crippen molar-refractivity contribution in [1.82, 2.24) is 0 Å². The van der Waals surface area contributed by atoms with Crippen LogP contribution in [0.4, 0.5) is 0 Å². The van der Waals surface area contributed by atoms with Gasteiger partial charge < -0.3 is 0 Å². The molecule has 1 aliphatic carbocycles. The van der Waals surface area contributed by atoms with Gasteiger partial charge >= 0.3 is 0 Å². The zero-order chi connectivity index (χ0) is 14.5. The van der Waals surface area contributed by atoms with Crippen LogP contribution in [-0.2, 0) is 10.7 Å². The van der Waals surface area contributed by atoms with Crippen LogP contribution in [0.2, 0.25) is 0 Å². The van der Waals surface area contributed by atoms with Gasteiger partial charge in [-0.25, -0.2) is 8.42 Å². The highest BCUT2D eigenvalue weighted by Crippen LogP contribution is 2.47. The Hall–Kier alpha value is -0.0500. The number of thiol groups is 1.